The maximum Gasteiger partial charge on any atom is 0.246 e. The molecule has 2 aliphatic carbocycles. The summed E-state index contributed by atoms with van der Waals surface area (Å²) in [6.07, 6.45) is 5.64. The van der Waals surface area contributed by atoms with Gasteiger partial charge in [-0.1, -0.05) is 39.3 Å². The van der Waals surface area contributed by atoms with Crippen LogP contribution in [0.4, 0.5) is 5.69 Å². The van der Waals surface area contributed by atoms with Gasteiger partial charge in [-0.15, -0.1) is 0 Å². The second-order valence-electron chi connectivity index (χ2n) is 9.35. The van der Waals surface area contributed by atoms with Crippen LogP contribution in [0, 0.1) is 23.7 Å². The number of nitrogens with one attached hydrogen (secondary N) is 2. The number of hydrogen-bond donors (Lipinski definition) is 2. The molecule has 4 unspecified atom stereocenters. The predicted octanol–water partition coefficient (Wildman–Crippen LogP) is 4.69. The lowest BCUT2D eigenvalue weighted by Gasteiger charge is -2.37. The summed E-state index contributed by atoms with van der Waals surface area (Å²) in [5.41, 5.74) is 1.81. The smallest absolute Gasteiger partial charge is 0.246 e. The van der Waals surface area contributed by atoms with Crippen LogP contribution in [0.3, 0.4) is 0 Å². The van der Waals surface area contributed by atoms with Gasteiger partial charge in [0.2, 0.25) is 11.8 Å². The van der Waals surface area contributed by atoms with Crippen LogP contribution in [0.15, 0.2) is 24.3 Å². The van der Waals surface area contributed by atoms with Gasteiger partial charge in [-0.3, -0.25) is 9.59 Å². The summed E-state index contributed by atoms with van der Waals surface area (Å²) < 4.78 is 6.06. The van der Waals surface area contributed by atoms with Crippen LogP contribution < -0.4 is 10.6 Å². The molecule has 0 bridgehead atoms. The fourth-order valence-corrected chi connectivity index (χ4v) is 4.30. The monoisotopic (exact) mass is 400 g/mol. The molecule has 0 spiro atoms. The van der Waals surface area contributed by atoms with Crippen LogP contribution in [0.25, 0.3) is 0 Å². The van der Waals surface area contributed by atoms with Gasteiger partial charge in [0.15, 0.2) is 0 Å². The Bertz CT molecular complexity index is 697. The molecule has 29 heavy (non-hydrogen) atoms. The van der Waals surface area contributed by atoms with E-state index in [1.54, 1.807) is 0 Å². The van der Waals surface area contributed by atoms with Crippen molar-refractivity contribution in [1.82, 2.24) is 5.32 Å². The molecule has 3 rings (SSSR count). The number of ether oxygens (including phenoxy) is 1. The van der Waals surface area contributed by atoms with E-state index in [0.29, 0.717) is 17.8 Å². The SMILES string of the molecule is CC1CCC(C(C)C)C(OCC(=O)NC(C)c2ccc(NC(=O)C3CC3)cc2)C1. The van der Waals surface area contributed by atoms with Crippen LogP contribution in [0.5, 0.6) is 0 Å². The molecule has 4 atom stereocenters. The normalized spacial score (nSPS) is 25.5. The number of anilines is 1. The van der Waals surface area contributed by atoms with Crippen molar-refractivity contribution < 1.29 is 14.3 Å². The second-order valence-corrected chi connectivity index (χ2v) is 9.35. The summed E-state index contributed by atoms with van der Waals surface area (Å²) in [5, 5.41) is 5.97. The Balaban J connectivity index is 1.46. The molecule has 1 aromatic rings. The number of rotatable bonds is 8. The van der Waals surface area contributed by atoms with Crippen molar-refractivity contribution in [3.63, 3.8) is 0 Å². The van der Waals surface area contributed by atoms with E-state index in [4.69, 9.17) is 4.74 Å². The summed E-state index contributed by atoms with van der Waals surface area (Å²) in [5.74, 6) is 1.99. The topological polar surface area (TPSA) is 67.4 Å². The summed E-state index contributed by atoms with van der Waals surface area (Å²) in [6.45, 7) is 8.84. The minimum absolute atomic E-state index is 0.0793. The van der Waals surface area contributed by atoms with Gasteiger partial charge >= 0.3 is 0 Å². The predicted molar refractivity (Wildman–Crippen MR) is 115 cm³/mol. The molecule has 5 nitrogen and oxygen atoms in total. The molecule has 0 heterocycles. The molecule has 160 valence electrons. The zero-order valence-electron chi connectivity index (χ0n) is 18.2. The quantitative estimate of drug-likeness (QED) is 0.665. The van der Waals surface area contributed by atoms with E-state index in [0.717, 1.165) is 30.5 Å². The Morgan fingerprint density at radius 2 is 1.76 bits per heavy atom. The van der Waals surface area contributed by atoms with Gasteiger partial charge in [0.05, 0.1) is 12.1 Å². The van der Waals surface area contributed by atoms with Crippen LogP contribution in [0.1, 0.15) is 71.4 Å². The first kappa shape index (κ1) is 21.8. The molecule has 2 fully saturated rings. The Morgan fingerprint density at radius 3 is 2.38 bits per heavy atom. The Hall–Kier alpha value is -1.88. The third kappa shape index (κ3) is 6.30. The maximum atomic E-state index is 12.4. The van der Waals surface area contributed by atoms with Crippen molar-refractivity contribution in [2.45, 2.75) is 71.9 Å². The first-order valence-electron chi connectivity index (χ1n) is 11.1. The minimum Gasteiger partial charge on any atom is -0.368 e. The maximum absolute atomic E-state index is 12.4. The summed E-state index contributed by atoms with van der Waals surface area (Å²) in [7, 11) is 0. The summed E-state index contributed by atoms with van der Waals surface area (Å²) in [4.78, 5) is 24.3. The number of amides is 2. The lowest BCUT2D eigenvalue weighted by Crippen LogP contribution is -2.38. The van der Waals surface area contributed by atoms with Gasteiger partial charge < -0.3 is 15.4 Å². The van der Waals surface area contributed by atoms with E-state index < -0.39 is 0 Å². The molecule has 1 aromatic carbocycles. The van der Waals surface area contributed by atoms with Crippen LogP contribution in [-0.4, -0.2) is 24.5 Å². The number of benzene rings is 1. The largest absolute Gasteiger partial charge is 0.368 e. The highest BCUT2D eigenvalue weighted by molar-refractivity contribution is 5.94. The average Bonchev–Trinajstić information content (AvgIpc) is 3.52. The standard InChI is InChI=1S/C24H36N2O3/c1-15(2)21-12-5-16(3)13-22(21)29-14-23(27)25-17(4)18-8-10-20(11-9-18)26-24(28)19-6-7-19/h8-11,15-17,19,21-22H,5-7,12-14H2,1-4H3,(H,25,27)(H,26,28). The van der Waals surface area contributed by atoms with E-state index >= 15 is 0 Å². The molecule has 2 N–H and O–H groups in total. The van der Waals surface area contributed by atoms with Crippen molar-refractivity contribution in [3.8, 4) is 0 Å². The molecule has 2 aliphatic rings. The average molecular weight is 401 g/mol. The fourth-order valence-electron chi connectivity index (χ4n) is 4.30. The van der Waals surface area contributed by atoms with E-state index in [1.165, 1.54) is 12.8 Å². The van der Waals surface area contributed by atoms with Crippen molar-refractivity contribution >= 4 is 17.5 Å². The van der Waals surface area contributed by atoms with E-state index in [2.05, 4.69) is 31.4 Å². The van der Waals surface area contributed by atoms with Gasteiger partial charge in [-0.2, -0.15) is 0 Å². The Kier molecular flexibility index (Phi) is 7.33. The van der Waals surface area contributed by atoms with Crippen molar-refractivity contribution in [3.05, 3.63) is 29.8 Å². The Labute approximate surface area is 175 Å². The molecular weight excluding hydrogens is 364 g/mol. The highest BCUT2D eigenvalue weighted by Gasteiger charge is 2.32. The number of hydrogen-bond acceptors (Lipinski definition) is 3. The van der Waals surface area contributed by atoms with Gasteiger partial charge in [-0.05, 0) is 68.1 Å². The molecule has 0 saturated heterocycles. The third-order valence-electron chi connectivity index (χ3n) is 6.39. The third-order valence-corrected chi connectivity index (χ3v) is 6.39. The molecule has 5 heteroatoms. The Morgan fingerprint density at radius 1 is 1.07 bits per heavy atom. The van der Waals surface area contributed by atoms with Crippen molar-refractivity contribution in [2.75, 3.05) is 11.9 Å². The minimum atomic E-state index is -0.106. The summed E-state index contributed by atoms with van der Waals surface area (Å²) in [6, 6.07) is 7.58. The van der Waals surface area contributed by atoms with Crippen LogP contribution >= 0.6 is 0 Å². The molecular formula is C24H36N2O3. The van der Waals surface area contributed by atoms with Gasteiger partial charge in [0.1, 0.15) is 6.61 Å². The lowest BCUT2D eigenvalue weighted by molar-refractivity contribution is -0.132. The van der Waals surface area contributed by atoms with Crippen molar-refractivity contribution in [1.29, 1.82) is 0 Å². The van der Waals surface area contributed by atoms with Gasteiger partial charge in [0, 0.05) is 11.6 Å². The molecule has 0 aromatic heterocycles. The highest BCUT2D eigenvalue weighted by atomic mass is 16.5. The first-order chi connectivity index (χ1) is 13.8. The van der Waals surface area contributed by atoms with Gasteiger partial charge in [0.25, 0.3) is 0 Å². The number of carbonyl (C=O) groups excluding carboxylic acids is 2. The fraction of sp³-hybridized carbons (Fsp3) is 0.667. The van der Waals surface area contributed by atoms with Crippen molar-refractivity contribution in [2.24, 2.45) is 23.7 Å². The first-order valence-corrected chi connectivity index (χ1v) is 11.1. The number of carbonyl (C=O) groups is 2. The van der Waals surface area contributed by atoms with E-state index in [9.17, 15) is 9.59 Å². The molecule has 2 amide bonds. The molecule has 0 aliphatic heterocycles. The zero-order valence-corrected chi connectivity index (χ0v) is 18.2. The van der Waals surface area contributed by atoms with E-state index in [1.807, 2.05) is 31.2 Å². The van der Waals surface area contributed by atoms with Crippen LogP contribution in [-0.2, 0) is 14.3 Å². The zero-order chi connectivity index (χ0) is 21.0. The summed E-state index contributed by atoms with van der Waals surface area (Å²) >= 11 is 0. The highest BCUT2D eigenvalue weighted by Crippen LogP contribution is 2.35. The molecule has 2 saturated carbocycles. The second kappa shape index (κ2) is 9.75. The van der Waals surface area contributed by atoms with Crippen LogP contribution in [0.2, 0.25) is 0 Å². The molecule has 0 radical (unpaired) electrons. The van der Waals surface area contributed by atoms with Gasteiger partial charge in [-0.25, -0.2) is 0 Å². The van der Waals surface area contributed by atoms with E-state index in [-0.39, 0.29) is 36.5 Å². The lowest BCUT2D eigenvalue weighted by atomic mass is 9.75.